The zero-order valence-corrected chi connectivity index (χ0v) is 11.2. The molecule has 0 atom stereocenters. The smallest absolute Gasteiger partial charge is 0.226 e. The number of halogens is 1. The number of aromatic nitrogens is 4. The standard InChI is InChI=1S/C12H16ClN5O/c13-12-16-10(14)9-11(17-12)18(6-15-9)8-3-1-7(5-19)2-4-8/h6-8,19H,1-5H2,(H2,14,16,17). The highest BCUT2D eigenvalue weighted by Gasteiger charge is 2.24. The molecule has 1 saturated carbocycles. The van der Waals surface area contributed by atoms with E-state index >= 15 is 0 Å². The number of aliphatic hydroxyl groups is 1. The number of aliphatic hydroxyl groups excluding tert-OH is 1. The number of imidazole rings is 1. The van der Waals surface area contributed by atoms with Crippen LogP contribution in [0.25, 0.3) is 11.2 Å². The fourth-order valence-electron chi connectivity index (χ4n) is 2.78. The summed E-state index contributed by atoms with van der Waals surface area (Å²) in [5.74, 6) is 0.743. The summed E-state index contributed by atoms with van der Waals surface area (Å²) in [5, 5.41) is 9.33. The largest absolute Gasteiger partial charge is 0.396 e. The quantitative estimate of drug-likeness (QED) is 0.819. The van der Waals surface area contributed by atoms with Crippen molar-refractivity contribution in [2.45, 2.75) is 31.7 Å². The number of fused-ring (bicyclic) bond motifs is 1. The minimum Gasteiger partial charge on any atom is -0.396 e. The average Bonchev–Trinajstić information content (AvgIpc) is 2.83. The van der Waals surface area contributed by atoms with Gasteiger partial charge >= 0.3 is 0 Å². The molecule has 2 aromatic heterocycles. The minimum absolute atomic E-state index is 0.149. The first-order valence-electron chi connectivity index (χ1n) is 6.45. The number of anilines is 1. The van der Waals surface area contributed by atoms with Crippen LogP contribution >= 0.6 is 11.6 Å². The first-order valence-corrected chi connectivity index (χ1v) is 6.83. The van der Waals surface area contributed by atoms with Gasteiger partial charge in [0.25, 0.3) is 0 Å². The molecule has 2 heterocycles. The molecule has 0 amide bonds. The highest BCUT2D eigenvalue weighted by molar-refractivity contribution is 6.28. The third-order valence-corrected chi connectivity index (χ3v) is 4.06. The molecule has 0 aliphatic heterocycles. The van der Waals surface area contributed by atoms with Gasteiger partial charge in [-0.25, -0.2) is 4.98 Å². The molecular weight excluding hydrogens is 266 g/mol. The molecule has 19 heavy (non-hydrogen) atoms. The molecule has 0 spiro atoms. The summed E-state index contributed by atoms with van der Waals surface area (Å²) < 4.78 is 2.03. The van der Waals surface area contributed by atoms with Gasteiger partial charge in [-0.3, -0.25) is 0 Å². The lowest BCUT2D eigenvalue weighted by atomic mass is 9.86. The molecule has 7 heteroatoms. The van der Waals surface area contributed by atoms with Crippen molar-refractivity contribution in [3.8, 4) is 0 Å². The Balaban J connectivity index is 1.93. The van der Waals surface area contributed by atoms with Gasteiger partial charge in [-0.15, -0.1) is 0 Å². The summed E-state index contributed by atoms with van der Waals surface area (Å²) >= 11 is 5.86. The van der Waals surface area contributed by atoms with Crippen LogP contribution in [0.4, 0.5) is 5.82 Å². The number of nitrogens with zero attached hydrogens (tertiary/aromatic N) is 4. The van der Waals surface area contributed by atoms with E-state index in [1.54, 1.807) is 6.33 Å². The molecule has 102 valence electrons. The van der Waals surface area contributed by atoms with Crippen molar-refractivity contribution < 1.29 is 5.11 Å². The number of nitrogen functional groups attached to an aromatic ring is 1. The van der Waals surface area contributed by atoms with Crippen LogP contribution in [0, 0.1) is 5.92 Å². The molecular formula is C12H16ClN5O. The number of nitrogens with two attached hydrogens (primary N) is 1. The maximum absolute atomic E-state index is 9.18. The second kappa shape index (κ2) is 4.94. The van der Waals surface area contributed by atoms with E-state index in [-0.39, 0.29) is 11.9 Å². The third-order valence-electron chi connectivity index (χ3n) is 3.89. The van der Waals surface area contributed by atoms with E-state index in [1.807, 2.05) is 4.57 Å². The Kier molecular flexibility index (Phi) is 3.28. The highest BCUT2D eigenvalue weighted by atomic mass is 35.5. The summed E-state index contributed by atoms with van der Waals surface area (Å²) in [6, 6.07) is 0.346. The monoisotopic (exact) mass is 281 g/mol. The fourth-order valence-corrected chi connectivity index (χ4v) is 2.95. The predicted molar refractivity (Wildman–Crippen MR) is 72.8 cm³/mol. The van der Waals surface area contributed by atoms with E-state index in [4.69, 9.17) is 17.3 Å². The molecule has 6 nitrogen and oxygen atoms in total. The van der Waals surface area contributed by atoms with Gasteiger partial charge in [0.05, 0.1) is 6.33 Å². The van der Waals surface area contributed by atoms with E-state index in [0.717, 1.165) is 25.7 Å². The Morgan fingerprint density at radius 1 is 1.32 bits per heavy atom. The molecule has 0 saturated heterocycles. The second-order valence-electron chi connectivity index (χ2n) is 5.06. The molecule has 1 aliphatic rings. The van der Waals surface area contributed by atoms with Crippen LogP contribution in [0.2, 0.25) is 5.28 Å². The maximum atomic E-state index is 9.18. The number of rotatable bonds is 2. The molecule has 0 aromatic carbocycles. The Morgan fingerprint density at radius 2 is 2.05 bits per heavy atom. The molecule has 3 N–H and O–H groups in total. The van der Waals surface area contributed by atoms with Gasteiger partial charge in [0.15, 0.2) is 11.5 Å². The van der Waals surface area contributed by atoms with E-state index in [1.165, 1.54) is 0 Å². The lowest BCUT2D eigenvalue weighted by Crippen LogP contribution is -2.20. The van der Waals surface area contributed by atoms with Crippen LogP contribution < -0.4 is 5.73 Å². The Bertz CT molecular complexity index is 591. The SMILES string of the molecule is Nc1nc(Cl)nc2c1ncn2C1CCC(CO)CC1. The van der Waals surface area contributed by atoms with Crippen molar-refractivity contribution in [3.05, 3.63) is 11.6 Å². The Hall–Kier alpha value is -1.40. The van der Waals surface area contributed by atoms with E-state index in [0.29, 0.717) is 28.9 Å². The molecule has 0 radical (unpaired) electrons. The van der Waals surface area contributed by atoms with Crippen molar-refractivity contribution in [2.75, 3.05) is 12.3 Å². The molecule has 0 bridgehead atoms. The van der Waals surface area contributed by atoms with Gasteiger partial charge in [0.2, 0.25) is 5.28 Å². The first kappa shape index (κ1) is 12.6. The van der Waals surface area contributed by atoms with Gasteiger partial charge in [0, 0.05) is 12.6 Å². The first-order chi connectivity index (χ1) is 9.19. The van der Waals surface area contributed by atoms with Crippen LogP contribution in [0.15, 0.2) is 6.33 Å². The molecule has 3 rings (SSSR count). The Morgan fingerprint density at radius 3 is 2.74 bits per heavy atom. The van der Waals surface area contributed by atoms with Gasteiger partial charge in [-0.05, 0) is 43.2 Å². The van der Waals surface area contributed by atoms with Crippen LogP contribution in [0.3, 0.4) is 0 Å². The lowest BCUT2D eigenvalue weighted by molar-refractivity contribution is 0.169. The molecule has 2 aromatic rings. The van der Waals surface area contributed by atoms with Crippen molar-refractivity contribution in [1.82, 2.24) is 19.5 Å². The third kappa shape index (κ3) is 2.26. The van der Waals surface area contributed by atoms with Crippen molar-refractivity contribution in [2.24, 2.45) is 5.92 Å². The zero-order chi connectivity index (χ0) is 13.4. The minimum atomic E-state index is 0.149. The van der Waals surface area contributed by atoms with Crippen LogP contribution in [0.5, 0.6) is 0 Å². The zero-order valence-electron chi connectivity index (χ0n) is 10.5. The second-order valence-corrected chi connectivity index (χ2v) is 5.40. The summed E-state index contributed by atoms with van der Waals surface area (Å²) in [6.45, 7) is 0.276. The van der Waals surface area contributed by atoms with Crippen LogP contribution in [0.1, 0.15) is 31.7 Å². The molecule has 1 aliphatic carbocycles. The van der Waals surface area contributed by atoms with Crippen LogP contribution in [-0.4, -0.2) is 31.2 Å². The van der Waals surface area contributed by atoms with Crippen molar-refractivity contribution in [1.29, 1.82) is 0 Å². The number of hydrogen-bond acceptors (Lipinski definition) is 5. The van der Waals surface area contributed by atoms with E-state index in [2.05, 4.69) is 15.0 Å². The normalized spacial score (nSPS) is 23.9. The number of hydrogen-bond donors (Lipinski definition) is 2. The van der Waals surface area contributed by atoms with Crippen molar-refractivity contribution >= 4 is 28.6 Å². The predicted octanol–water partition coefficient (Wildman–Crippen LogP) is 1.79. The van der Waals surface area contributed by atoms with Gasteiger partial charge in [0.1, 0.15) is 5.52 Å². The van der Waals surface area contributed by atoms with Crippen molar-refractivity contribution in [3.63, 3.8) is 0 Å². The fraction of sp³-hybridized carbons (Fsp3) is 0.583. The average molecular weight is 282 g/mol. The van der Waals surface area contributed by atoms with E-state index < -0.39 is 0 Å². The van der Waals surface area contributed by atoms with Gasteiger partial charge < -0.3 is 15.4 Å². The van der Waals surface area contributed by atoms with Gasteiger partial charge in [-0.1, -0.05) is 0 Å². The summed E-state index contributed by atoms with van der Waals surface area (Å²) in [6.07, 6.45) is 5.83. The molecule has 0 unspecified atom stereocenters. The maximum Gasteiger partial charge on any atom is 0.226 e. The molecule has 1 fully saturated rings. The van der Waals surface area contributed by atoms with Gasteiger partial charge in [-0.2, -0.15) is 9.97 Å². The summed E-state index contributed by atoms with van der Waals surface area (Å²) in [4.78, 5) is 12.4. The summed E-state index contributed by atoms with van der Waals surface area (Å²) in [5.41, 5.74) is 7.10. The summed E-state index contributed by atoms with van der Waals surface area (Å²) in [7, 11) is 0. The Labute approximate surface area is 115 Å². The lowest BCUT2D eigenvalue weighted by Gasteiger charge is -2.28. The van der Waals surface area contributed by atoms with E-state index in [9.17, 15) is 5.11 Å². The van der Waals surface area contributed by atoms with Crippen LogP contribution in [-0.2, 0) is 0 Å². The highest BCUT2D eigenvalue weighted by Crippen LogP contribution is 2.34. The topological polar surface area (TPSA) is 89.9 Å².